The maximum Gasteiger partial charge on any atom is 0.414 e. The Labute approximate surface area is 315 Å². The maximum absolute atomic E-state index is 13.2. The van der Waals surface area contributed by atoms with Gasteiger partial charge in [0.1, 0.15) is 17.0 Å². The molecule has 300 valence electrons. The highest BCUT2D eigenvalue weighted by molar-refractivity contribution is 6.74. The zero-order valence-corrected chi connectivity index (χ0v) is 36.3. The van der Waals surface area contributed by atoms with E-state index in [9.17, 15) is 14.4 Å². The first-order valence-corrected chi connectivity index (χ1v) is 23.3. The van der Waals surface area contributed by atoms with Crippen LogP contribution >= 0.6 is 0 Å². The number of aliphatic imine (C=N–C) groups is 1. The minimum Gasteiger partial charge on any atom is -0.444 e. The molecule has 1 atom stereocenters. The van der Waals surface area contributed by atoms with E-state index >= 15 is 0 Å². The predicted octanol–water partition coefficient (Wildman–Crippen LogP) is 12.2. The number of nitrogens with zero attached hydrogens (tertiary/aromatic N) is 1. The van der Waals surface area contributed by atoms with Gasteiger partial charge in [-0.25, -0.2) is 14.6 Å². The Bertz CT molecular complexity index is 963. The number of alkyl carbamates (subject to hydrolysis) is 2. The average Bonchev–Trinajstić information content (AvgIpc) is 2.96. The maximum atomic E-state index is 13.2. The van der Waals surface area contributed by atoms with Gasteiger partial charge in [-0.05, 0) is 72.5 Å². The number of guanidine groups is 1. The second-order valence-corrected chi connectivity index (χ2v) is 22.7. The van der Waals surface area contributed by atoms with Gasteiger partial charge in [-0.15, -0.1) is 0 Å². The van der Waals surface area contributed by atoms with E-state index in [0.29, 0.717) is 25.9 Å². The van der Waals surface area contributed by atoms with Crippen LogP contribution in [0.15, 0.2) is 4.99 Å². The molecule has 0 aromatic rings. The van der Waals surface area contributed by atoms with Gasteiger partial charge < -0.3 is 13.9 Å². The molecule has 51 heavy (non-hydrogen) atoms. The number of hydrogen-bond donors (Lipinski definition) is 2. The van der Waals surface area contributed by atoms with Crippen LogP contribution in [0.4, 0.5) is 9.59 Å². The number of carbonyl (C=O) groups is 3. The monoisotopic (exact) mass is 740 g/mol. The molecule has 0 aromatic carbocycles. The van der Waals surface area contributed by atoms with Gasteiger partial charge in [0.05, 0.1) is 6.04 Å². The number of hydrogen-bond acceptors (Lipinski definition) is 7. The fourth-order valence-corrected chi connectivity index (χ4v) is 6.48. The van der Waals surface area contributed by atoms with Gasteiger partial charge in [0, 0.05) is 19.4 Å². The van der Waals surface area contributed by atoms with E-state index in [4.69, 9.17) is 18.9 Å². The van der Waals surface area contributed by atoms with Crippen molar-refractivity contribution in [3.05, 3.63) is 0 Å². The summed E-state index contributed by atoms with van der Waals surface area (Å²) in [4.78, 5) is 43.3. The Morgan fingerprint density at radius 2 is 1.00 bits per heavy atom. The largest absolute Gasteiger partial charge is 0.444 e. The first kappa shape index (κ1) is 49.1. The van der Waals surface area contributed by atoms with Crippen molar-refractivity contribution in [3.63, 3.8) is 0 Å². The van der Waals surface area contributed by atoms with Crippen LogP contribution in [0.25, 0.3) is 0 Å². The fraction of sp³-hybridized carbons (Fsp3) is 0.902. The highest BCUT2D eigenvalue weighted by atomic mass is 28.4. The van der Waals surface area contributed by atoms with E-state index in [1.54, 1.807) is 41.5 Å². The second kappa shape index (κ2) is 25.9. The van der Waals surface area contributed by atoms with Crippen molar-refractivity contribution in [1.29, 1.82) is 0 Å². The number of nitrogens with one attached hydrogen (secondary N) is 2. The average molecular weight is 740 g/mol. The third-order valence-corrected chi connectivity index (χ3v) is 13.8. The standard InChI is InChI=1S/C41H81N3O6Si/c1-13-14-15-16-17-18-19-20-21-22-23-24-25-26-27-28-30-34(33-35(45)31-29-32-48-51(11,12)41(8,9)10)42-36(43-37(46)49-39(2,3)4)44-38(47)50-40(5,6)7/h34H,13-33H2,1-12H3,(H2,42,43,44,46,47)/t34-/m1/s1. The van der Waals surface area contributed by atoms with Crippen molar-refractivity contribution < 1.29 is 28.3 Å². The molecule has 0 radical (unpaired) electrons. The van der Waals surface area contributed by atoms with Gasteiger partial charge in [0.15, 0.2) is 8.32 Å². The molecule has 0 fully saturated rings. The van der Waals surface area contributed by atoms with Crippen LogP contribution in [0.1, 0.15) is 198 Å². The Hall–Kier alpha value is -1.94. The third kappa shape index (κ3) is 29.2. The van der Waals surface area contributed by atoms with Gasteiger partial charge in [0.25, 0.3) is 0 Å². The summed E-state index contributed by atoms with van der Waals surface area (Å²) < 4.78 is 17.1. The Balaban J connectivity index is 5.20. The zero-order chi connectivity index (χ0) is 39.0. The summed E-state index contributed by atoms with van der Waals surface area (Å²) in [5, 5.41) is 5.28. The normalized spacial score (nSPS) is 13.0. The summed E-state index contributed by atoms with van der Waals surface area (Å²) >= 11 is 0. The van der Waals surface area contributed by atoms with E-state index in [0.717, 1.165) is 19.3 Å². The molecule has 0 saturated carbocycles. The van der Waals surface area contributed by atoms with Gasteiger partial charge in [-0.3, -0.25) is 15.4 Å². The van der Waals surface area contributed by atoms with E-state index in [2.05, 4.69) is 51.4 Å². The number of rotatable bonds is 25. The summed E-state index contributed by atoms with van der Waals surface area (Å²) in [5.74, 6) is 0.0158. The van der Waals surface area contributed by atoms with E-state index in [1.807, 2.05) is 0 Å². The van der Waals surface area contributed by atoms with Crippen LogP contribution in [0.5, 0.6) is 0 Å². The van der Waals surface area contributed by atoms with Crippen molar-refractivity contribution in [2.75, 3.05) is 6.61 Å². The smallest absolute Gasteiger partial charge is 0.414 e. The summed E-state index contributed by atoms with van der Waals surface area (Å²) in [6.07, 6.45) is 21.0. The number of amides is 2. The molecule has 0 aliphatic heterocycles. The fourth-order valence-electron chi connectivity index (χ4n) is 5.40. The minimum atomic E-state index is -1.88. The van der Waals surface area contributed by atoms with Crippen LogP contribution in [-0.4, -0.2) is 56.1 Å². The Kier molecular flexibility index (Phi) is 24.9. The van der Waals surface area contributed by atoms with E-state index in [1.165, 1.54) is 83.5 Å². The van der Waals surface area contributed by atoms with Crippen molar-refractivity contribution >= 4 is 32.2 Å². The molecule has 0 aliphatic rings. The first-order chi connectivity index (χ1) is 23.6. The predicted molar refractivity (Wildman–Crippen MR) is 216 cm³/mol. The molecule has 10 heteroatoms. The molecule has 9 nitrogen and oxygen atoms in total. The summed E-state index contributed by atoms with van der Waals surface area (Å²) in [5.41, 5.74) is -1.48. The molecule has 0 heterocycles. The van der Waals surface area contributed by atoms with E-state index < -0.39 is 37.7 Å². The molecule has 0 aliphatic carbocycles. The highest BCUT2D eigenvalue weighted by Gasteiger charge is 2.36. The van der Waals surface area contributed by atoms with Crippen LogP contribution in [0, 0.1) is 0 Å². The van der Waals surface area contributed by atoms with Crippen molar-refractivity contribution in [2.24, 2.45) is 4.99 Å². The number of ketones is 1. The summed E-state index contributed by atoms with van der Waals surface area (Å²) in [6, 6.07) is -0.412. The van der Waals surface area contributed by atoms with Crippen LogP contribution < -0.4 is 10.6 Å². The lowest BCUT2D eigenvalue weighted by atomic mass is 10.00. The molecule has 0 saturated heterocycles. The molecule has 0 bridgehead atoms. The molecule has 2 amide bonds. The SMILES string of the molecule is CCCCCCCCCCCCCCCCCC[C@H](CC(=O)CCCO[Si](C)(C)C(C)(C)C)N=C(NC(=O)OC(C)(C)C)NC(=O)OC(C)(C)C. The molecular weight excluding hydrogens is 659 g/mol. The topological polar surface area (TPSA) is 115 Å². The van der Waals surface area contributed by atoms with Crippen molar-refractivity contribution in [1.82, 2.24) is 10.6 Å². The van der Waals surface area contributed by atoms with Crippen LogP contribution in [0.2, 0.25) is 18.1 Å². The summed E-state index contributed by atoms with van der Waals surface area (Å²) in [6.45, 7) is 24.5. The van der Waals surface area contributed by atoms with Crippen molar-refractivity contribution in [2.45, 2.75) is 233 Å². The highest BCUT2D eigenvalue weighted by Crippen LogP contribution is 2.36. The molecule has 2 N–H and O–H groups in total. The number of Topliss-reactive ketones (excluding diaryl/α,β-unsaturated/α-hetero) is 1. The lowest BCUT2D eigenvalue weighted by molar-refractivity contribution is -0.119. The first-order valence-electron chi connectivity index (χ1n) is 20.4. The zero-order valence-electron chi connectivity index (χ0n) is 35.3. The molecular formula is C41H81N3O6Si. The van der Waals surface area contributed by atoms with Crippen LogP contribution in [-0.2, 0) is 18.7 Å². The number of carbonyl (C=O) groups excluding carboxylic acids is 3. The Morgan fingerprint density at radius 3 is 1.37 bits per heavy atom. The number of unbranched alkanes of at least 4 members (excludes halogenated alkanes) is 15. The molecule has 0 aromatic heterocycles. The van der Waals surface area contributed by atoms with Crippen molar-refractivity contribution in [3.8, 4) is 0 Å². The van der Waals surface area contributed by atoms with Gasteiger partial charge in [-0.1, -0.05) is 130 Å². The third-order valence-electron chi connectivity index (χ3n) is 9.27. The Morgan fingerprint density at radius 1 is 0.608 bits per heavy atom. The second-order valence-electron chi connectivity index (χ2n) is 17.9. The lowest BCUT2D eigenvalue weighted by Gasteiger charge is -2.36. The lowest BCUT2D eigenvalue weighted by Crippen LogP contribution is -2.47. The number of ether oxygens (including phenoxy) is 2. The molecule has 0 spiro atoms. The van der Waals surface area contributed by atoms with Gasteiger partial charge >= 0.3 is 12.2 Å². The van der Waals surface area contributed by atoms with Gasteiger partial charge in [0.2, 0.25) is 5.96 Å². The summed E-state index contributed by atoms with van der Waals surface area (Å²) in [7, 11) is -1.88. The minimum absolute atomic E-state index is 0.0750. The van der Waals surface area contributed by atoms with Crippen LogP contribution in [0.3, 0.4) is 0 Å². The molecule has 0 rings (SSSR count). The quantitative estimate of drug-likeness (QED) is 0.0417. The van der Waals surface area contributed by atoms with E-state index in [-0.39, 0.29) is 23.2 Å². The van der Waals surface area contributed by atoms with Gasteiger partial charge in [-0.2, -0.15) is 0 Å². The molecule has 0 unspecified atom stereocenters.